The number of anilines is 1. The largest absolute Gasteiger partial charge is 0.508 e. The summed E-state index contributed by atoms with van der Waals surface area (Å²) in [5, 5.41) is 23.0. The van der Waals surface area contributed by atoms with Crippen LogP contribution in [0.5, 0.6) is 11.8 Å². The highest BCUT2D eigenvalue weighted by molar-refractivity contribution is 6.03. The van der Waals surface area contributed by atoms with Gasteiger partial charge in [0.1, 0.15) is 35.7 Å². The number of aromatic nitrogens is 2. The molecule has 0 radical (unpaired) electrons. The molecular weight excluding hydrogens is 569 g/mol. The van der Waals surface area contributed by atoms with Crippen molar-refractivity contribution in [2.24, 2.45) is 0 Å². The van der Waals surface area contributed by atoms with Gasteiger partial charge in [-0.05, 0) is 91.7 Å². The fraction of sp³-hybridized carbons (Fsp3) is 0.471. The van der Waals surface area contributed by atoms with Crippen LogP contribution >= 0.6 is 0 Å². The van der Waals surface area contributed by atoms with Gasteiger partial charge in [0, 0.05) is 37.0 Å². The molecular formula is C34H37F3N4O3. The highest BCUT2D eigenvalue weighted by atomic mass is 19.1. The molecule has 7 rings (SSSR count). The summed E-state index contributed by atoms with van der Waals surface area (Å²) in [6.45, 7) is 5.91. The number of nitrogens with zero attached hydrogens (tertiary/aromatic N) is 4. The van der Waals surface area contributed by atoms with Crippen molar-refractivity contribution in [3.05, 3.63) is 53.6 Å². The molecule has 3 atom stereocenters. The lowest BCUT2D eigenvalue weighted by Gasteiger charge is -2.38. The molecule has 3 aliphatic heterocycles. The quantitative estimate of drug-likeness (QED) is 0.267. The van der Waals surface area contributed by atoms with Crippen LogP contribution in [0.3, 0.4) is 0 Å². The van der Waals surface area contributed by atoms with Gasteiger partial charge in [0.15, 0.2) is 5.82 Å². The van der Waals surface area contributed by atoms with Crippen LogP contribution in [-0.2, 0) is 6.42 Å². The van der Waals surface area contributed by atoms with Crippen molar-refractivity contribution in [2.75, 3.05) is 37.7 Å². The number of rotatable bonds is 6. The third-order valence-electron chi connectivity index (χ3n) is 9.77. The number of β-amino-alcohol motifs (C(OH)–C–C–N with tert-alkyl or cyclic N) is 1. The lowest BCUT2D eigenvalue weighted by Crippen LogP contribution is -2.46. The predicted octanol–water partition coefficient (Wildman–Crippen LogP) is 6.30. The highest BCUT2D eigenvalue weighted by Crippen LogP contribution is 2.42. The van der Waals surface area contributed by atoms with Crippen LogP contribution in [-0.4, -0.2) is 75.2 Å². The Bertz CT molecular complexity index is 1770. The van der Waals surface area contributed by atoms with E-state index in [0.29, 0.717) is 72.0 Å². The Kier molecular flexibility index (Phi) is 7.12. The molecule has 0 aliphatic carbocycles. The number of phenols is 1. The zero-order valence-electron chi connectivity index (χ0n) is 25.0. The second kappa shape index (κ2) is 10.8. The maximum absolute atomic E-state index is 16.8. The average molecular weight is 607 g/mol. The molecule has 3 fully saturated rings. The number of fused-ring (bicyclic) bond motifs is 3. The number of benzene rings is 3. The first kappa shape index (κ1) is 29.1. The molecule has 3 saturated heterocycles. The Morgan fingerprint density at radius 2 is 1.86 bits per heavy atom. The summed E-state index contributed by atoms with van der Waals surface area (Å²) in [5.41, 5.74) is -0.401. The van der Waals surface area contributed by atoms with E-state index in [1.165, 1.54) is 12.1 Å². The topological polar surface area (TPSA) is 82.0 Å². The van der Waals surface area contributed by atoms with E-state index < -0.39 is 28.9 Å². The van der Waals surface area contributed by atoms with Gasteiger partial charge in [-0.3, -0.25) is 4.90 Å². The van der Waals surface area contributed by atoms with Crippen molar-refractivity contribution in [3.8, 4) is 22.9 Å². The second-order valence-corrected chi connectivity index (χ2v) is 13.0. The number of aromatic hydroxyl groups is 1. The summed E-state index contributed by atoms with van der Waals surface area (Å²) in [5.74, 6) is -0.657. The van der Waals surface area contributed by atoms with Crippen molar-refractivity contribution in [3.63, 3.8) is 0 Å². The lowest BCUT2D eigenvalue weighted by molar-refractivity contribution is 0.0447. The van der Waals surface area contributed by atoms with Gasteiger partial charge in [0.05, 0.1) is 11.1 Å². The molecule has 0 saturated carbocycles. The fourth-order valence-electron chi connectivity index (χ4n) is 7.75. The summed E-state index contributed by atoms with van der Waals surface area (Å²) in [4.78, 5) is 13.4. The third-order valence-corrected chi connectivity index (χ3v) is 9.77. The molecule has 4 aromatic rings. The number of halogens is 3. The normalized spacial score (nSPS) is 25.7. The second-order valence-electron chi connectivity index (χ2n) is 13.0. The summed E-state index contributed by atoms with van der Waals surface area (Å²) < 4.78 is 52.3. The molecule has 232 valence electrons. The van der Waals surface area contributed by atoms with Crippen LogP contribution in [0.4, 0.5) is 19.0 Å². The van der Waals surface area contributed by atoms with Crippen LogP contribution in [0.25, 0.3) is 32.8 Å². The number of aryl methyl sites for hydroxylation is 1. The predicted molar refractivity (Wildman–Crippen MR) is 164 cm³/mol. The molecule has 7 nitrogen and oxygen atoms in total. The Morgan fingerprint density at radius 3 is 2.66 bits per heavy atom. The smallest absolute Gasteiger partial charge is 0.319 e. The van der Waals surface area contributed by atoms with E-state index in [-0.39, 0.29) is 29.4 Å². The van der Waals surface area contributed by atoms with Crippen LogP contribution in [0, 0.1) is 11.6 Å². The first-order valence-corrected chi connectivity index (χ1v) is 15.5. The van der Waals surface area contributed by atoms with E-state index in [2.05, 4.69) is 9.88 Å². The zero-order chi connectivity index (χ0) is 30.8. The summed E-state index contributed by atoms with van der Waals surface area (Å²) in [6.07, 6.45) is 2.97. The van der Waals surface area contributed by atoms with Gasteiger partial charge in [-0.25, -0.2) is 13.2 Å². The number of piperidine rings is 1. The van der Waals surface area contributed by atoms with Gasteiger partial charge in [-0.15, -0.1) is 0 Å². The molecule has 44 heavy (non-hydrogen) atoms. The number of aliphatic hydroxyl groups is 1. The van der Waals surface area contributed by atoms with E-state index in [4.69, 9.17) is 9.72 Å². The fourth-order valence-corrected chi connectivity index (χ4v) is 7.75. The Balaban J connectivity index is 1.38. The molecule has 4 heterocycles. The standard InChI is InChI=1S/C34H37F3N4O3/c1-3-23-27(36)9-6-20-14-22(42)15-26(28(20)23)24-7-8-25-30(29(24)37)38-32(39-31(25)40-12-4-10-33(2,43)18-40)44-19-34-11-5-13-41(34)17-21(35)16-34/h6-9,14-15,21,42-43H,3-5,10-13,16-19H2,1-2H3/t21-,33?,34+/m1/s1. The monoisotopic (exact) mass is 606 g/mol. The van der Waals surface area contributed by atoms with Crippen LogP contribution < -0.4 is 9.64 Å². The summed E-state index contributed by atoms with van der Waals surface area (Å²) >= 11 is 0. The number of hydrogen-bond donors (Lipinski definition) is 2. The van der Waals surface area contributed by atoms with Crippen molar-refractivity contribution in [1.29, 1.82) is 0 Å². The van der Waals surface area contributed by atoms with Crippen LogP contribution in [0.15, 0.2) is 36.4 Å². The van der Waals surface area contributed by atoms with Crippen LogP contribution in [0.1, 0.15) is 51.5 Å². The number of phenolic OH excluding ortho intramolecular Hbond substituents is 1. The molecule has 0 amide bonds. The number of hydrogen-bond acceptors (Lipinski definition) is 7. The van der Waals surface area contributed by atoms with Crippen molar-refractivity contribution < 1.29 is 28.1 Å². The minimum absolute atomic E-state index is 0.0154. The van der Waals surface area contributed by atoms with Gasteiger partial charge < -0.3 is 19.8 Å². The minimum atomic E-state index is -0.945. The maximum atomic E-state index is 16.8. The average Bonchev–Trinajstić information content (AvgIpc) is 3.51. The van der Waals surface area contributed by atoms with Gasteiger partial charge in [-0.2, -0.15) is 9.97 Å². The van der Waals surface area contributed by atoms with Gasteiger partial charge in [-0.1, -0.05) is 19.1 Å². The minimum Gasteiger partial charge on any atom is -0.508 e. The van der Waals surface area contributed by atoms with Crippen LogP contribution in [0.2, 0.25) is 0 Å². The summed E-state index contributed by atoms with van der Waals surface area (Å²) in [7, 11) is 0. The highest BCUT2D eigenvalue weighted by Gasteiger charge is 2.49. The van der Waals surface area contributed by atoms with E-state index in [9.17, 15) is 19.0 Å². The first-order valence-electron chi connectivity index (χ1n) is 15.5. The molecule has 3 aliphatic rings. The number of alkyl halides is 1. The lowest BCUT2D eigenvalue weighted by atomic mass is 9.92. The summed E-state index contributed by atoms with van der Waals surface area (Å²) in [6, 6.07) is 9.27. The van der Waals surface area contributed by atoms with Gasteiger partial charge >= 0.3 is 6.01 Å². The van der Waals surface area contributed by atoms with E-state index in [0.717, 1.165) is 25.8 Å². The molecule has 0 bridgehead atoms. The molecule has 0 spiro atoms. The molecule has 3 aromatic carbocycles. The Labute approximate surface area is 254 Å². The van der Waals surface area contributed by atoms with Crippen molar-refractivity contribution in [2.45, 2.75) is 69.7 Å². The maximum Gasteiger partial charge on any atom is 0.319 e. The van der Waals surface area contributed by atoms with Crippen molar-refractivity contribution in [1.82, 2.24) is 14.9 Å². The molecule has 10 heteroatoms. The van der Waals surface area contributed by atoms with Crippen molar-refractivity contribution >= 4 is 27.5 Å². The zero-order valence-corrected chi connectivity index (χ0v) is 25.0. The van der Waals surface area contributed by atoms with E-state index in [1.807, 2.05) is 11.8 Å². The van der Waals surface area contributed by atoms with Gasteiger partial charge in [0.2, 0.25) is 0 Å². The molecule has 2 N–H and O–H groups in total. The van der Waals surface area contributed by atoms with E-state index in [1.54, 1.807) is 31.2 Å². The molecule has 1 unspecified atom stereocenters. The number of ether oxygens (including phenoxy) is 1. The Morgan fingerprint density at radius 1 is 1.05 bits per heavy atom. The molecule has 1 aromatic heterocycles. The Hall–Kier alpha value is -3.63. The van der Waals surface area contributed by atoms with Gasteiger partial charge in [0.25, 0.3) is 0 Å². The first-order chi connectivity index (χ1) is 21.1. The van der Waals surface area contributed by atoms with E-state index >= 15 is 4.39 Å². The third kappa shape index (κ3) is 4.92. The SMILES string of the molecule is CCc1c(F)ccc2cc(O)cc(-c3ccc4c(N5CCCC(C)(O)C5)nc(OC[C@@]56CCCN5C[C@H](F)C6)nc4c3F)c12.